The highest BCUT2D eigenvalue weighted by atomic mass is 35.5. The van der Waals surface area contributed by atoms with E-state index in [2.05, 4.69) is 10.3 Å². The van der Waals surface area contributed by atoms with Crippen molar-refractivity contribution in [2.24, 2.45) is 0 Å². The number of nitrogens with one attached hydrogen (secondary N) is 1. The fraction of sp³-hybridized carbons (Fsp3) is 0.261. The first-order valence-corrected chi connectivity index (χ1v) is 11.6. The van der Waals surface area contributed by atoms with E-state index >= 15 is 0 Å². The van der Waals surface area contributed by atoms with Crippen LogP contribution in [-0.2, 0) is 0 Å². The summed E-state index contributed by atoms with van der Waals surface area (Å²) in [6.07, 6.45) is 1.43. The fourth-order valence-electron chi connectivity index (χ4n) is 3.50. The van der Waals surface area contributed by atoms with Crippen LogP contribution >= 0.6 is 34.5 Å². The lowest BCUT2D eigenvalue weighted by Crippen LogP contribution is -2.46. The van der Waals surface area contributed by atoms with Gasteiger partial charge in [0.2, 0.25) is 0 Å². The lowest BCUT2D eigenvalue weighted by atomic mass is 10.0. The third kappa shape index (κ3) is 5.09. The van der Waals surface area contributed by atoms with Gasteiger partial charge in [-0.15, -0.1) is 11.3 Å². The van der Waals surface area contributed by atoms with Gasteiger partial charge in [-0.3, -0.25) is 9.59 Å². The molecule has 0 bridgehead atoms. The summed E-state index contributed by atoms with van der Waals surface area (Å²) >= 11 is 13.4. The van der Waals surface area contributed by atoms with Crippen molar-refractivity contribution in [3.63, 3.8) is 0 Å². The molecular weight excluding hydrogens is 453 g/mol. The summed E-state index contributed by atoms with van der Waals surface area (Å²) in [6.45, 7) is 3.23. The Bertz CT molecular complexity index is 1110. The summed E-state index contributed by atoms with van der Waals surface area (Å²) in [5.74, 6) is -0.165. The molecular formula is C23H21Cl2N3O2S. The molecule has 2 aromatic carbocycles. The normalized spacial score (nSPS) is 14.5. The number of thiazole rings is 1. The first-order valence-electron chi connectivity index (χ1n) is 9.98. The quantitative estimate of drug-likeness (QED) is 0.546. The van der Waals surface area contributed by atoms with E-state index in [1.165, 1.54) is 11.3 Å². The third-order valence-corrected chi connectivity index (χ3v) is 6.95. The van der Waals surface area contributed by atoms with E-state index in [4.69, 9.17) is 23.2 Å². The molecule has 31 heavy (non-hydrogen) atoms. The summed E-state index contributed by atoms with van der Waals surface area (Å²) in [4.78, 5) is 31.6. The lowest BCUT2D eigenvalue weighted by molar-refractivity contribution is 0.0697. The van der Waals surface area contributed by atoms with E-state index in [9.17, 15) is 9.59 Å². The second-order valence-electron chi connectivity index (χ2n) is 7.57. The molecule has 0 radical (unpaired) electrons. The van der Waals surface area contributed by atoms with Gasteiger partial charge in [0, 0.05) is 35.6 Å². The number of hydrogen-bond donors (Lipinski definition) is 1. The molecule has 1 fully saturated rings. The zero-order chi connectivity index (χ0) is 22.0. The average Bonchev–Trinajstić information content (AvgIpc) is 3.27. The SMILES string of the molecule is Cc1ccc(C(=O)N2CCC(NC(=O)c3csc(-c4ccc(Cl)c(Cl)c4)n3)CC2)cc1. The van der Waals surface area contributed by atoms with Crippen molar-refractivity contribution in [3.8, 4) is 10.6 Å². The number of rotatable bonds is 4. The number of benzene rings is 2. The first kappa shape index (κ1) is 21.8. The van der Waals surface area contributed by atoms with Crippen molar-refractivity contribution in [1.82, 2.24) is 15.2 Å². The van der Waals surface area contributed by atoms with Crippen LogP contribution in [0.4, 0.5) is 0 Å². The molecule has 4 rings (SSSR count). The van der Waals surface area contributed by atoms with Crippen LogP contribution in [0.3, 0.4) is 0 Å². The van der Waals surface area contributed by atoms with Gasteiger partial charge in [-0.25, -0.2) is 4.98 Å². The van der Waals surface area contributed by atoms with E-state index in [0.29, 0.717) is 52.2 Å². The van der Waals surface area contributed by atoms with E-state index in [-0.39, 0.29) is 17.9 Å². The predicted molar refractivity (Wildman–Crippen MR) is 125 cm³/mol. The van der Waals surface area contributed by atoms with Crippen LogP contribution in [0.15, 0.2) is 47.8 Å². The highest BCUT2D eigenvalue weighted by molar-refractivity contribution is 7.13. The average molecular weight is 474 g/mol. The van der Waals surface area contributed by atoms with Gasteiger partial charge in [-0.2, -0.15) is 0 Å². The minimum atomic E-state index is -0.203. The highest BCUT2D eigenvalue weighted by Gasteiger charge is 2.25. The number of amides is 2. The molecule has 1 aliphatic heterocycles. The molecule has 1 saturated heterocycles. The molecule has 0 saturated carbocycles. The smallest absolute Gasteiger partial charge is 0.270 e. The molecule has 8 heteroatoms. The maximum atomic E-state index is 12.7. The van der Waals surface area contributed by atoms with Crippen LogP contribution < -0.4 is 5.32 Å². The molecule has 1 aliphatic rings. The minimum Gasteiger partial charge on any atom is -0.348 e. The Balaban J connectivity index is 1.33. The molecule has 2 heterocycles. The van der Waals surface area contributed by atoms with Gasteiger partial charge < -0.3 is 10.2 Å². The Hall–Kier alpha value is -2.41. The van der Waals surface area contributed by atoms with Crippen LogP contribution in [0.5, 0.6) is 0 Å². The maximum absolute atomic E-state index is 12.7. The zero-order valence-corrected chi connectivity index (χ0v) is 19.2. The van der Waals surface area contributed by atoms with Crippen LogP contribution in [0.2, 0.25) is 10.0 Å². The van der Waals surface area contributed by atoms with Crippen molar-refractivity contribution in [2.45, 2.75) is 25.8 Å². The van der Waals surface area contributed by atoms with E-state index < -0.39 is 0 Å². The molecule has 2 amide bonds. The summed E-state index contributed by atoms with van der Waals surface area (Å²) in [7, 11) is 0. The molecule has 0 atom stereocenters. The van der Waals surface area contributed by atoms with Gasteiger partial charge in [0.15, 0.2) is 0 Å². The van der Waals surface area contributed by atoms with E-state index in [0.717, 1.165) is 11.1 Å². The number of aromatic nitrogens is 1. The second-order valence-corrected chi connectivity index (χ2v) is 9.25. The number of hydrogen-bond acceptors (Lipinski definition) is 4. The lowest BCUT2D eigenvalue weighted by Gasteiger charge is -2.32. The zero-order valence-electron chi connectivity index (χ0n) is 16.9. The van der Waals surface area contributed by atoms with Crippen molar-refractivity contribution >= 4 is 46.4 Å². The number of carbonyl (C=O) groups excluding carboxylic acids is 2. The molecule has 160 valence electrons. The van der Waals surface area contributed by atoms with Crippen LogP contribution in [0, 0.1) is 6.92 Å². The topological polar surface area (TPSA) is 62.3 Å². The number of halogens is 2. The number of aryl methyl sites for hydroxylation is 1. The molecule has 3 aromatic rings. The molecule has 1 N–H and O–H groups in total. The van der Waals surface area contributed by atoms with Gasteiger partial charge in [0.1, 0.15) is 10.7 Å². The van der Waals surface area contributed by atoms with E-state index in [1.54, 1.807) is 17.5 Å². The van der Waals surface area contributed by atoms with Crippen molar-refractivity contribution in [2.75, 3.05) is 13.1 Å². The van der Waals surface area contributed by atoms with Crippen molar-refractivity contribution < 1.29 is 9.59 Å². The monoisotopic (exact) mass is 473 g/mol. The molecule has 5 nitrogen and oxygen atoms in total. The standard InChI is InChI=1S/C23H21Cl2N3O2S/c1-14-2-4-15(5-3-14)23(30)28-10-8-17(9-11-28)26-21(29)20-13-31-22(27-20)16-6-7-18(24)19(25)12-16/h2-7,12-13,17H,8-11H2,1H3,(H,26,29). The van der Waals surface area contributed by atoms with Crippen molar-refractivity contribution in [3.05, 3.63) is 74.7 Å². The largest absolute Gasteiger partial charge is 0.348 e. The maximum Gasteiger partial charge on any atom is 0.270 e. The Kier molecular flexibility index (Phi) is 6.60. The summed E-state index contributed by atoms with van der Waals surface area (Å²) in [6, 6.07) is 12.9. The van der Waals surface area contributed by atoms with Crippen LogP contribution in [0.1, 0.15) is 39.3 Å². The Labute approximate surface area is 195 Å². The van der Waals surface area contributed by atoms with Gasteiger partial charge in [-0.1, -0.05) is 47.0 Å². The van der Waals surface area contributed by atoms with Gasteiger partial charge in [-0.05, 0) is 44.0 Å². The predicted octanol–water partition coefficient (Wildman–Crippen LogP) is 5.46. The van der Waals surface area contributed by atoms with E-state index in [1.807, 2.05) is 42.2 Å². The Morgan fingerprint density at radius 2 is 1.77 bits per heavy atom. The highest BCUT2D eigenvalue weighted by Crippen LogP contribution is 2.30. The molecule has 0 aliphatic carbocycles. The number of carbonyl (C=O) groups is 2. The van der Waals surface area contributed by atoms with Gasteiger partial charge in [0.25, 0.3) is 11.8 Å². The number of piperidine rings is 1. The molecule has 0 spiro atoms. The van der Waals surface area contributed by atoms with Crippen LogP contribution in [0.25, 0.3) is 10.6 Å². The number of likely N-dealkylation sites (tertiary alicyclic amines) is 1. The summed E-state index contributed by atoms with van der Waals surface area (Å²) in [5, 5.41) is 6.43. The number of nitrogens with zero attached hydrogens (tertiary/aromatic N) is 2. The van der Waals surface area contributed by atoms with Crippen LogP contribution in [-0.4, -0.2) is 40.8 Å². The Morgan fingerprint density at radius 1 is 1.06 bits per heavy atom. The minimum absolute atomic E-state index is 0.0182. The summed E-state index contributed by atoms with van der Waals surface area (Å²) < 4.78 is 0. The molecule has 0 unspecified atom stereocenters. The Morgan fingerprint density at radius 3 is 2.45 bits per heavy atom. The van der Waals surface area contributed by atoms with Crippen molar-refractivity contribution in [1.29, 1.82) is 0 Å². The second kappa shape index (κ2) is 9.39. The fourth-order valence-corrected chi connectivity index (χ4v) is 4.60. The van der Waals surface area contributed by atoms with Gasteiger partial charge >= 0.3 is 0 Å². The van der Waals surface area contributed by atoms with Gasteiger partial charge in [0.05, 0.1) is 10.0 Å². The first-order chi connectivity index (χ1) is 14.9. The summed E-state index contributed by atoms with van der Waals surface area (Å²) in [5.41, 5.74) is 3.03. The molecule has 1 aromatic heterocycles. The third-order valence-electron chi connectivity index (χ3n) is 5.32.